The molecule has 1 saturated carbocycles. The van der Waals surface area contributed by atoms with Gasteiger partial charge in [-0.3, -0.25) is 9.89 Å². The molecule has 1 aliphatic heterocycles. The zero-order chi connectivity index (χ0) is 14.5. The molecule has 5 heteroatoms. The summed E-state index contributed by atoms with van der Waals surface area (Å²) in [6.07, 6.45) is 6.84. The highest BCUT2D eigenvalue weighted by molar-refractivity contribution is 5.80. The SMILES string of the molecule is CCNC(=NC[C@@H](c1ccco1)N1CCCC1)NC1CC1. The first-order chi connectivity index (χ1) is 10.4. The first-order valence-corrected chi connectivity index (χ1v) is 8.19. The van der Waals surface area contributed by atoms with Gasteiger partial charge in [0, 0.05) is 12.6 Å². The van der Waals surface area contributed by atoms with Gasteiger partial charge in [0.25, 0.3) is 0 Å². The van der Waals surface area contributed by atoms with Gasteiger partial charge in [0.2, 0.25) is 0 Å². The average Bonchev–Trinajstić information content (AvgIpc) is 2.98. The Balaban J connectivity index is 1.67. The van der Waals surface area contributed by atoms with E-state index in [0.29, 0.717) is 6.04 Å². The molecule has 3 rings (SSSR count). The molecular formula is C16H26N4O. The van der Waals surface area contributed by atoms with Gasteiger partial charge in [-0.15, -0.1) is 0 Å². The van der Waals surface area contributed by atoms with Gasteiger partial charge < -0.3 is 15.1 Å². The molecular weight excluding hydrogens is 264 g/mol. The molecule has 1 aromatic rings. The van der Waals surface area contributed by atoms with Crippen molar-refractivity contribution in [2.24, 2.45) is 4.99 Å². The smallest absolute Gasteiger partial charge is 0.191 e. The lowest BCUT2D eigenvalue weighted by Crippen LogP contribution is -2.39. The molecule has 21 heavy (non-hydrogen) atoms. The van der Waals surface area contributed by atoms with Crippen LogP contribution in [0.5, 0.6) is 0 Å². The molecule has 116 valence electrons. The van der Waals surface area contributed by atoms with Crippen molar-refractivity contribution in [2.75, 3.05) is 26.2 Å². The van der Waals surface area contributed by atoms with Crippen LogP contribution in [0.15, 0.2) is 27.8 Å². The third-order valence-corrected chi connectivity index (χ3v) is 4.14. The van der Waals surface area contributed by atoms with E-state index in [4.69, 9.17) is 9.41 Å². The number of likely N-dealkylation sites (tertiary alicyclic amines) is 1. The third-order valence-electron chi connectivity index (χ3n) is 4.14. The minimum atomic E-state index is 0.261. The van der Waals surface area contributed by atoms with E-state index in [1.165, 1.54) is 25.7 Å². The molecule has 1 saturated heterocycles. The lowest BCUT2D eigenvalue weighted by atomic mass is 10.2. The van der Waals surface area contributed by atoms with Crippen molar-refractivity contribution < 1.29 is 4.42 Å². The summed E-state index contributed by atoms with van der Waals surface area (Å²) < 4.78 is 5.64. The minimum absolute atomic E-state index is 0.261. The molecule has 2 aliphatic rings. The molecule has 5 nitrogen and oxygen atoms in total. The average molecular weight is 290 g/mol. The molecule has 0 amide bonds. The van der Waals surface area contributed by atoms with Crippen molar-refractivity contribution in [1.82, 2.24) is 15.5 Å². The van der Waals surface area contributed by atoms with Crippen molar-refractivity contribution >= 4 is 5.96 Å². The molecule has 1 aliphatic carbocycles. The Morgan fingerprint density at radius 1 is 1.43 bits per heavy atom. The van der Waals surface area contributed by atoms with E-state index in [9.17, 15) is 0 Å². The summed E-state index contributed by atoms with van der Waals surface area (Å²) in [6, 6.07) is 4.92. The van der Waals surface area contributed by atoms with E-state index in [0.717, 1.165) is 37.9 Å². The molecule has 0 unspecified atom stereocenters. The standard InChI is InChI=1S/C16H26N4O/c1-2-17-16(19-13-7-8-13)18-12-14(15-6-5-11-21-15)20-9-3-4-10-20/h5-6,11,13-14H,2-4,7-10,12H2,1H3,(H2,17,18,19)/t14-/m0/s1. The summed E-state index contributed by atoms with van der Waals surface area (Å²) >= 11 is 0. The van der Waals surface area contributed by atoms with Gasteiger partial charge in [-0.2, -0.15) is 0 Å². The van der Waals surface area contributed by atoms with Crippen LogP contribution in [-0.2, 0) is 0 Å². The molecule has 0 aromatic carbocycles. The van der Waals surface area contributed by atoms with Crippen LogP contribution in [0, 0.1) is 0 Å². The van der Waals surface area contributed by atoms with Gasteiger partial charge in [0.15, 0.2) is 5.96 Å². The molecule has 0 bridgehead atoms. The molecule has 1 aromatic heterocycles. The second-order valence-corrected chi connectivity index (χ2v) is 5.91. The lowest BCUT2D eigenvalue weighted by Gasteiger charge is -2.24. The minimum Gasteiger partial charge on any atom is -0.468 e. The summed E-state index contributed by atoms with van der Waals surface area (Å²) in [5.74, 6) is 1.97. The first-order valence-electron chi connectivity index (χ1n) is 8.19. The largest absolute Gasteiger partial charge is 0.468 e. The third kappa shape index (κ3) is 4.00. The van der Waals surface area contributed by atoms with Crippen LogP contribution < -0.4 is 10.6 Å². The second kappa shape index (κ2) is 6.98. The molecule has 0 radical (unpaired) electrons. The first kappa shape index (κ1) is 14.4. The van der Waals surface area contributed by atoms with Crippen LogP contribution >= 0.6 is 0 Å². The fourth-order valence-corrected chi connectivity index (χ4v) is 2.84. The number of furan rings is 1. The van der Waals surface area contributed by atoms with Crippen LogP contribution in [0.1, 0.15) is 44.4 Å². The summed E-state index contributed by atoms with van der Waals surface area (Å²) in [6.45, 7) is 6.04. The van der Waals surface area contributed by atoms with Crippen molar-refractivity contribution in [2.45, 2.75) is 44.7 Å². The predicted molar refractivity (Wildman–Crippen MR) is 84.4 cm³/mol. The van der Waals surface area contributed by atoms with Crippen LogP contribution in [0.2, 0.25) is 0 Å². The Bertz CT molecular complexity index is 447. The lowest BCUT2D eigenvalue weighted by molar-refractivity contribution is 0.221. The highest BCUT2D eigenvalue weighted by Crippen LogP contribution is 2.26. The Kier molecular flexibility index (Phi) is 4.80. The van der Waals surface area contributed by atoms with Crippen LogP contribution in [0.3, 0.4) is 0 Å². The van der Waals surface area contributed by atoms with Gasteiger partial charge in [0.1, 0.15) is 5.76 Å². The van der Waals surface area contributed by atoms with E-state index in [1.807, 2.05) is 6.07 Å². The van der Waals surface area contributed by atoms with E-state index >= 15 is 0 Å². The zero-order valence-corrected chi connectivity index (χ0v) is 12.8. The zero-order valence-electron chi connectivity index (χ0n) is 12.8. The maximum absolute atomic E-state index is 5.64. The summed E-state index contributed by atoms with van der Waals surface area (Å²) in [5.41, 5.74) is 0. The number of hydrogen-bond donors (Lipinski definition) is 2. The van der Waals surface area contributed by atoms with E-state index in [2.05, 4.69) is 28.5 Å². The fourth-order valence-electron chi connectivity index (χ4n) is 2.84. The van der Waals surface area contributed by atoms with Crippen LogP contribution in [0.25, 0.3) is 0 Å². The van der Waals surface area contributed by atoms with E-state index in [1.54, 1.807) is 6.26 Å². The van der Waals surface area contributed by atoms with Crippen molar-refractivity contribution in [3.63, 3.8) is 0 Å². The highest BCUT2D eigenvalue weighted by Gasteiger charge is 2.26. The van der Waals surface area contributed by atoms with Crippen molar-refractivity contribution in [3.8, 4) is 0 Å². The topological polar surface area (TPSA) is 52.8 Å². The van der Waals surface area contributed by atoms with Gasteiger partial charge in [0.05, 0.1) is 18.8 Å². The number of guanidine groups is 1. The fraction of sp³-hybridized carbons (Fsp3) is 0.688. The van der Waals surface area contributed by atoms with Gasteiger partial charge in [-0.1, -0.05) is 0 Å². The Morgan fingerprint density at radius 3 is 2.86 bits per heavy atom. The van der Waals surface area contributed by atoms with Gasteiger partial charge >= 0.3 is 0 Å². The van der Waals surface area contributed by atoms with Crippen LogP contribution in [0.4, 0.5) is 0 Å². The molecule has 2 N–H and O–H groups in total. The molecule has 2 heterocycles. The number of nitrogens with zero attached hydrogens (tertiary/aromatic N) is 2. The van der Waals surface area contributed by atoms with Crippen molar-refractivity contribution in [3.05, 3.63) is 24.2 Å². The Morgan fingerprint density at radius 2 is 2.24 bits per heavy atom. The number of nitrogens with one attached hydrogen (secondary N) is 2. The molecule has 2 fully saturated rings. The number of rotatable bonds is 6. The number of aliphatic imine (C=N–C) groups is 1. The second-order valence-electron chi connectivity index (χ2n) is 5.91. The quantitative estimate of drug-likeness (QED) is 0.622. The monoisotopic (exact) mass is 290 g/mol. The summed E-state index contributed by atoms with van der Waals surface area (Å²) in [7, 11) is 0. The Labute approximate surface area is 126 Å². The normalized spacial score (nSPS) is 21.5. The maximum atomic E-state index is 5.64. The summed E-state index contributed by atoms with van der Waals surface area (Å²) in [5, 5.41) is 6.81. The van der Waals surface area contributed by atoms with Gasteiger partial charge in [-0.05, 0) is 57.8 Å². The van der Waals surface area contributed by atoms with E-state index < -0.39 is 0 Å². The number of hydrogen-bond acceptors (Lipinski definition) is 3. The van der Waals surface area contributed by atoms with E-state index in [-0.39, 0.29) is 6.04 Å². The Hall–Kier alpha value is -1.49. The highest BCUT2D eigenvalue weighted by atomic mass is 16.3. The molecule has 1 atom stereocenters. The van der Waals surface area contributed by atoms with Crippen molar-refractivity contribution in [1.29, 1.82) is 0 Å². The maximum Gasteiger partial charge on any atom is 0.191 e. The van der Waals surface area contributed by atoms with Crippen LogP contribution in [-0.4, -0.2) is 43.1 Å². The van der Waals surface area contributed by atoms with Gasteiger partial charge in [-0.25, -0.2) is 0 Å². The predicted octanol–water partition coefficient (Wildman–Crippen LogP) is 2.13. The summed E-state index contributed by atoms with van der Waals surface area (Å²) in [4.78, 5) is 7.28. The molecule has 0 spiro atoms.